The summed E-state index contributed by atoms with van der Waals surface area (Å²) in [5, 5.41) is 3.61. The van der Waals surface area contributed by atoms with Crippen molar-refractivity contribution in [2.24, 2.45) is 0 Å². The van der Waals surface area contributed by atoms with Crippen LogP contribution in [0.5, 0.6) is 0 Å². The van der Waals surface area contributed by atoms with Crippen molar-refractivity contribution in [2.45, 2.75) is 22.6 Å². The fraction of sp³-hybridized carbons (Fsp3) is 0.280. The molecule has 3 nitrogen and oxygen atoms in total. The molecule has 0 spiro atoms. The number of nitrogens with one attached hydrogen (secondary N) is 1. The first-order chi connectivity index (χ1) is 14.2. The van der Waals surface area contributed by atoms with Crippen LogP contribution in [0.3, 0.4) is 0 Å². The molecule has 0 saturated carbocycles. The molecule has 0 aromatic heterocycles. The Balaban J connectivity index is 0.00000218. The van der Waals surface area contributed by atoms with Gasteiger partial charge in [0.2, 0.25) is 0 Å². The van der Waals surface area contributed by atoms with Crippen LogP contribution in [-0.4, -0.2) is 38.1 Å². The molecule has 5 heteroatoms. The van der Waals surface area contributed by atoms with E-state index in [2.05, 4.69) is 95.8 Å². The van der Waals surface area contributed by atoms with Crippen LogP contribution in [-0.2, 0) is 0 Å². The van der Waals surface area contributed by atoms with Gasteiger partial charge in [0, 0.05) is 47.6 Å². The maximum Gasteiger partial charge on any atom is 0.0529 e. The van der Waals surface area contributed by atoms with E-state index in [1.54, 1.807) is 0 Å². The maximum absolute atomic E-state index is 3.61. The van der Waals surface area contributed by atoms with Crippen molar-refractivity contribution in [3.63, 3.8) is 0 Å². The largest absolute Gasteiger partial charge is 0.369 e. The molecule has 0 amide bonds. The number of fused-ring (bicyclic) bond motifs is 2. The van der Waals surface area contributed by atoms with Crippen LogP contribution < -0.4 is 10.2 Å². The summed E-state index contributed by atoms with van der Waals surface area (Å²) in [5.74, 6) is 0.366. The molecule has 1 fully saturated rings. The average molecular weight is 438 g/mol. The molecule has 0 bridgehead atoms. The molecule has 2 heterocycles. The Labute approximate surface area is 189 Å². The first-order valence-electron chi connectivity index (χ1n) is 10.4. The van der Waals surface area contributed by atoms with E-state index < -0.39 is 0 Å². The van der Waals surface area contributed by atoms with Crippen molar-refractivity contribution < 1.29 is 0 Å². The zero-order valence-corrected chi connectivity index (χ0v) is 19.1. The number of halogens is 1. The van der Waals surface area contributed by atoms with Crippen molar-refractivity contribution in [1.29, 1.82) is 0 Å². The lowest BCUT2D eigenvalue weighted by atomic mass is 9.92. The van der Waals surface area contributed by atoms with E-state index in [0.29, 0.717) is 5.92 Å². The van der Waals surface area contributed by atoms with Crippen molar-refractivity contribution in [2.75, 3.05) is 43.4 Å². The zero-order valence-electron chi connectivity index (χ0n) is 17.5. The molecule has 3 aromatic rings. The molecule has 156 valence electrons. The molecule has 1 saturated heterocycles. The highest BCUT2D eigenvalue weighted by Crippen LogP contribution is 2.45. The third-order valence-corrected chi connectivity index (χ3v) is 7.29. The Morgan fingerprint density at radius 3 is 2.23 bits per heavy atom. The van der Waals surface area contributed by atoms with Gasteiger partial charge in [0.1, 0.15) is 0 Å². The van der Waals surface area contributed by atoms with Gasteiger partial charge in [-0.15, -0.1) is 12.4 Å². The number of rotatable bonds is 3. The van der Waals surface area contributed by atoms with Gasteiger partial charge in [0.25, 0.3) is 0 Å². The third kappa shape index (κ3) is 4.18. The maximum atomic E-state index is 3.61. The van der Waals surface area contributed by atoms with Gasteiger partial charge < -0.3 is 15.1 Å². The molecule has 5 rings (SSSR count). The standard InChI is InChI=1S/C25H27N3S.ClH/c1-18(19-7-10-21(11-8-19)28-15-13-27(2)14-16-28)20-9-12-25-23(17-20)26-22-5-3-4-6-24(22)29-25;/h3-12,17-18,26H,13-16H2,1-2H3;1H. The van der Waals surface area contributed by atoms with E-state index in [-0.39, 0.29) is 12.4 Å². The fourth-order valence-corrected chi connectivity index (χ4v) is 5.13. The lowest BCUT2D eigenvalue weighted by molar-refractivity contribution is 0.313. The van der Waals surface area contributed by atoms with Gasteiger partial charge in [-0.2, -0.15) is 0 Å². The Hall–Kier alpha value is -2.14. The van der Waals surface area contributed by atoms with Gasteiger partial charge in [-0.1, -0.05) is 49.0 Å². The monoisotopic (exact) mass is 437 g/mol. The van der Waals surface area contributed by atoms with Crippen molar-refractivity contribution in [1.82, 2.24) is 4.90 Å². The quantitative estimate of drug-likeness (QED) is 0.410. The fourth-order valence-electron chi connectivity index (χ4n) is 4.16. The number of hydrogen-bond donors (Lipinski definition) is 1. The highest BCUT2D eigenvalue weighted by Gasteiger charge is 2.18. The molecule has 3 aromatic carbocycles. The summed E-state index contributed by atoms with van der Waals surface area (Å²) < 4.78 is 0. The lowest BCUT2D eigenvalue weighted by Crippen LogP contribution is -2.44. The Kier molecular flexibility index (Phi) is 6.28. The molecule has 2 aliphatic rings. The Morgan fingerprint density at radius 1 is 0.800 bits per heavy atom. The second-order valence-electron chi connectivity index (χ2n) is 8.08. The van der Waals surface area contributed by atoms with Gasteiger partial charge in [-0.05, 0) is 54.6 Å². The van der Waals surface area contributed by atoms with Crippen LogP contribution in [0.4, 0.5) is 17.1 Å². The first-order valence-corrected chi connectivity index (χ1v) is 11.2. The lowest BCUT2D eigenvalue weighted by Gasteiger charge is -2.34. The zero-order chi connectivity index (χ0) is 19.8. The van der Waals surface area contributed by atoms with E-state index in [1.165, 1.54) is 38.0 Å². The van der Waals surface area contributed by atoms with Crippen LogP contribution in [0.25, 0.3) is 0 Å². The molecule has 1 unspecified atom stereocenters. The van der Waals surface area contributed by atoms with Crippen LogP contribution >= 0.6 is 24.2 Å². The minimum atomic E-state index is 0. The van der Waals surface area contributed by atoms with E-state index in [1.807, 2.05) is 11.8 Å². The predicted octanol–water partition coefficient (Wildman–Crippen LogP) is 6.22. The summed E-state index contributed by atoms with van der Waals surface area (Å²) >= 11 is 1.85. The van der Waals surface area contributed by atoms with E-state index in [9.17, 15) is 0 Å². The Bertz CT molecular complexity index is 1010. The highest BCUT2D eigenvalue weighted by atomic mass is 35.5. The number of para-hydroxylation sites is 1. The summed E-state index contributed by atoms with van der Waals surface area (Å²) in [7, 11) is 2.20. The molecule has 0 aliphatic carbocycles. The van der Waals surface area contributed by atoms with Gasteiger partial charge in [0.05, 0.1) is 11.4 Å². The SMILES string of the molecule is CC(c1ccc(N2CCN(C)CC2)cc1)c1ccc2c(c1)Nc1ccccc1S2.Cl. The van der Waals surface area contributed by atoms with Crippen molar-refractivity contribution >= 4 is 41.2 Å². The van der Waals surface area contributed by atoms with E-state index in [0.717, 1.165) is 26.2 Å². The number of piperazine rings is 1. The summed E-state index contributed by atoms with van der Waals surface area (Å²) in [6.45, 7) is 6.81. The predicted molar refractivity (Wildman–Crippen MR) is 131 cm³/mol. The number of hydrogen-bond acceptors (Lipinski definition) is 4. The number of likely N-dealkylation sites (N-methyl/N-ethyl adjacent to an activating group) is 1. The molecule has 0 radical (unpaired) electrons. The van der Waals surface area contributed by atoms with Gasteiger partial charge >= 0.3 is 0 Å². The minimum absolute atomic E-state index is 0. The molecule has 1 atom stereocenters. The third-order valence-electron chi connectivity index (χ3n) is 6.14. The number of anilines is 3. The van der Waals surface area contributed by atoms with Crippen LogP contribution in [0.2, 0.25) is 0 Å². The van der Waals surface area contributed by atoms with Gasteiger partial charge in [-0.3, -0.25) is 0 Å². The number of benzene rings is 3. The smallest absolute Gasteiger partial charge is 0.0529 e. The topological polar surface area (TPSA) is 18.5 Å². The Morgan fingerprint density at radius 2 is 1.47 bits per heavy atom. The normalized spacial score (nSPS) is 16.7. The van der Waals surface area contributed by atoms with E-state index >= 15 is 0 Å². The van der Waals surface area contributed by atoms with Crippen LogP contribution in [0.15, 0.2) is 76.5 Å². The second kappa shape index (κ2) is 8.93. The second-order valence-corrected chi connectivity index (χ2v) is 9.17. The molecule has 30 heavy (non-hydrogen) atoms. The van der Waals surface area contributed by atoms with Gasteiger partial charge in [-0.25, -0.2) is 0 Å². The molecule has 2 aliphatic heterocycles. The van der Waals surface area contributed by atoms with E-state index in [4.69, 9.17) is 0 Å². The summed E-state index contributed by atoms with van der Waals surface area (Å²) in [4.78, 5) is 7.48. The molecule has 1 N–H and O–H groups in total. The molecular formula is C25H28ClN3S. The average Bonchev–Trinajstić information content (AvgIpc) is 2.77. The highest BCUT2D eigenvalue weighted by molar-refractivity contribution is 7.99. The van der Waals surface area contributed by atoms with Gasteiger partial charge in [0.15, 0.2) is 0 Å². The summed E-state index contributed by atoms with van der Waals surface area (Å²) in [5.41, 5.74) is 6.47. The van der Waals surface area contributed by atoms with Crippen LogP contribution in [0, 0.1) is 0 Å². The summed E-state index contributed by atoms with van der Waals surface area (Å²) in [6.07, 6.45) is 0. The van der Waals surface area contributed by atoms with Crippen LogP contribution in [0.1, 0.15) is 24.0 Å². The minimum Gasteiger partial charge on any atom is -0.369 e. The first kappa shape index (κ1) is 21.1. The molecular weight excluding hydrogens is 410 g/mol. The summed E-state index contributed by atoms with van der Waals surface area (Å²) in [6, 6.07) is 24.6. The van der Waals surface area contributed by atoms with Crippen molar-refractivity contribution in [3.05, 3.63) is 77.9 Å². The number of nitrogens with zero attached hydrogens (tertiary/aromatic N) is 2. The van der Waals surface area contributed by atoms with Crippen molar-refractivity contribution in [3.8, 4) is 0 Å².